The quantitative estimate of drug-likeness (QED) is 0.206. The topological polar surface area (TPSA) is 102 Å². The fraction of sp³-hybridized carbons (Fsp3) is 0.107. The average molecular weight is 516 g/mol. The number of nitrogens with one attached hydrogen (secondary N) is 3. The Labute approximate surface area is 219 Å². The van der Waals surface area contributed by atoms with Crippen LogP contribution in [0.15, 0.2) is 102 Å². The van der Waals surface area contributed by atoms with Gasteiger partial charge in [0.25, 0.3) is 11.8 Å². The van der Waals surface area contributed by atoms with Crippen LogP contribution in [0.4, 0.5) is 5.69 Å². The Balaban J connectivity index is 1.25. The molecule has 0 radical (unpaired) electrons. The molecule has 3 N–H and O–H groups in total. The SMILES string of the molecule is O=C(NC(=S)Nc1ccccc1C(=O)NCc1ccco1)c1ccc(OCCOc2ccccc2)cc1. The van der Waals surface area contributed by atoms with Crippen molar-refractivity contribution in [3.63, 3.8) is 0 Å². The first kappa shape index (κ1) is 25.5. The molecule has 3 aromatic carbocycles. The van der Waals surface area contributed by atoms with Gasteiger partial charge in [0.05, 0.1) is 24.1 Å². The maximum absolute atomic E-state index is 12.6. The van der Waals surface area contributed by atoms with E-state index in [1.807, 2.05) is 30.3 Å². The maximum Gasteiger partial charge on any atom is 0.257 e. The molecule has 0 saturated carbocycles. The maximum atomic E-state index is 12.6. The first-order chi connectivity index (χ1) is 18.1. The standard InChI is InChI=1S/C28H25N3O5S/c32-26(20-12-14-22(15-13-20)36-18-17-35-21-7-2-1-3-8-21)31-28(37)30-25-11-5-4-10-24(25)27(33)29-19-23-9-6-16-34-23/h1-16H,17-19H2,(H,29,33)(H2,30,31,32,37). The van der Waals surface area contributed by atoms with Crippen LogP contribution in [-0.2, 0) is 6.54 Å². The van der Waals surface area contributed by atoms with Crippen LogP contribution in [0.25, 0.3) is 0 Å². The van der Waals surface area contributed by atoms with Gasteiger partial charge in [-0.15, -0.1) is 0 Å². The Morgan fingerprint density at radius 1 is 0.757 bits per heavy atom. The summed E-state index contributed by atoms with van der Waals surface area (Å²) in [6, 6.07) is 26.6. The highest BCUT2D eigenvalue weighted by atomic mass is 32.1. The summed E-state index contributed by atoms with van der Waals surface area (Å²) in [5.74, 6) is 1.33. The van der Waals surface area contributed by atoms with Crippen LogP contribution in [0.3, 0.4) is 0 Å². The molecular formula is C28H25N3O5S. The van der Waals surface area contributed by atoms with Gasteiger partial charge in [0, 0.05) is 5.56 Å². The Morgan fingerprint density at radius 2 is 1.43 bits per heavy atom. The average Bonchev–Trinajstić information content (AvgIpc) is 3.45. The van der Waals surface area contributed by atoms with Crippen molar-refractivity contribution in [2.45, 2.75) is 6.54 Å². The number of anilines is 1. The molecule has 8 nitrogen and oxygen atoms in total. The highest BCUT2D eigenvalue weighted by molar-refractivity contribution is 7.80. The van der Waals surface area contributed by atoms with Gasteiger partial charge in [0.1, 0.15) is 30.5 Å². The van der Waals surface area contributed by atoms with Gasteiger partial charge >= 0.3 is 0 Å². The van der Waals surface area contributed by atoms with Crippen molar-refractivity contribution in [1.82, 2.24) is 10.6 Å². The summed E-state index contributed by atoms with van der Waals surface area (Å²) in [5.41, 5.74) is 1.25. The number of hydrogen-bond donors (Lipinski definition) is 3. The van der Waals surface area contributed by atoms with E-state index in [0.29, 0.717) is 41.5 Å². The lowest BCUT2D eigenvalue weighted by Gasteiger charge is -2.13. The van der Waals surface area contributed by atoms with Crippen LogP contribution >= 0.6 is 12.2 Å². The van der Waals surface area contributed by atoms with Gasteiger partial charge < -0.3 is 24.5 Å². The Bertz CT molecular complexity index is 1330. The number of benzene rings is 3. The molecule has 4 rings (SSSR count). The molecular weight excluding hydrogens is 490 g/mol. The van der Waals surface area contributed by atoms with E-state index < -0.39 is 5.91 Å². The van der Waals surface area contributed by atoms with Gasteiger partial charge in [0.15, 0.2) is 5.11 Å². The first-order valence-electron chi connectivity index (χ1n) is 11.5. The molecule has 0 spiro atoms. The van der Waals surface area contributed by atoms with E-state index in [1.54, 1.807) is 66.9 Å². The molecule has 0 atom stereocenters. The minimum Gasteiger partial charge on any atom is -0.490 e. The van der Waals surface area contributed by atoms with E-state index in [2.05, 4.69) is 16.0 Å². The molecule has 0 saturated heterocycles. The fourth-order valence-corrected chi connectivity index (χ4v) is 3.54. The zero-order valence-corrected chi connectivity index (χ0v) is 20.6. The number of carbonyl (C=O) groups excluding carboxylic acids is 2. The summed E-state index contributed by atoms with van der Waals surface area (Å²) < 4.78 is 16.5. The molecule has 1 aromatic heterocycles. The Morgan fingerprint density at radius 3 is 2.14 bits per heavy atom. The molecule has 0 unspecified atom stereocenters. The summed E-state index contributed by atoms with van der Waals surface area (Å²) in [4.78, 5) is 25.3. The van der Waals surface area contributed by atoms with Crippen LogP contribution in [0.5, 0.6) is 11.5 Å². The fourth-order valence-electron chi connectivity index (χ4n) is 3.33. The Kier molecular flexibility index (Phi) is 8.87. The summed E-state index contributed by atoms with van der Waals surface area (Å²) >= 11 is 5.30. The zero-order chi connectivity index (χ0) is 25.9. The van der Waals surface area contributed by atoms with Gasteiger partial charge in [0.2, 0.25) is 0 Å². The minimum atomic E-state index is -0.392. The van der Waals surface area contributed by atoms with Crippen LogP contribution < -0.4 is 25.4 Å². The molecule has 0 fully saturated rings. The van der Waals surface area contributed by atoms with Crippen molar-refractivity contribution >= 4 is 34.8 Å². The number of para-hydroxylation sites is 2. The van der Waals surface area contributed by atoms with Crippen LogP contribution in [0, 0.1) is 0 Å². The largest absolute Gasteiger partial charge is 0.490 e. The van der Waals surface area contributed by atoms with Gasteiger partial charge in [-0.25, -0.2) is 0 Å². The molecule has 0 aliphatic heterocycles. The highest BCUT2D eigenvalue weighted by Crippen LogP contribution is 2.16. The van der Waals surface area contributed by atoms with E-state index in [4.69, 9.17) is 26.1 Å². The van der Waals surface area contributed by atoms with Crippen molar-refractivity contribution in [2.24, 2.45) is 0 Å². The summed E-state index contributed by atoms with van der Waals surface area (Å²) in [6.07, 6.45) is 1.54. The predicted octanol–water partition coefficient (Wildman–Crippen LogP) is 4.79. The van der Waals surface area contributed by atoms with E-state index in [-0.39, 0.29) is 17.6 Å². The van der Waals surface area contributed by atoms with Gasteiger partial charge in [-0.3, -0.25) is 14.9 Å². The lowest BCUT2D eigenvalue weighted by molar-refractivity contribution is 0.0947. The van der Waals surface area contributed by atoms with E-state index in [0.717, 1.165) is 5.75 Å². The summed E-state index contributed by atoms with van der Waals surface area (Å²) in [6.45, 7) is 1.01. The monoisotopic (exact) mass is 515 g/mol. The third kappa shape index (κ3) is 7.68. The summed E-state index contributed by atoms with van der Waals surface area (Å²) in [5, 5.41) is 8.41. The van der Waals surface area contributed by atoms with Crippen molar-refractivity contribution in [2.75, 3.05) is 18.5 Å². The Hall–Kier alpha value is -4.63. The number of furan rings is 1. The highest BCUT2D eigenvalue weighted by Gasteiger charge is 2.14. The van der Waals surface area contributed by atoms with Crippen molar-refractivity contribution in [3.05, 3.63) is 114 Å². The second-order valence-corrected chi connectivity index (χ2v) is 8.16. The van der Waals surface area contributed by atoms with Gasteiger partial charge in [-0.2, -0.15) is 0 Å². The number of thiocarbonyl (C=S) groups is 1. The molecule has 4 aromatic rings. The predicted molar refractivity (Wildman–Crippen MR) is 144 cm³/mol. The van der Waals surface area contributed by atoms with E-state index in [9.17, 15) is 9.59 Å². The molecule has 9 heteroatoms. The number of carbonyl (C=O) groups is 2. The third-order valence-electron chi connectivity index (χ3n) is 5.13. The lowest BCUT2D eigenvalue weighted by Crippen LogP contribution is -2.35. The smallest absolute Gasteiger partial charge is 0.257 e. The second kappa shape index (κ2) is 12.9. The van der Waals surface area contributed by atoms with Gasteiger partial charge in [-0.1, -0.05) is 30.3 Å². The second-order valence-electron chi connectivity index (χ2n) is 7.75. The molecule has 188 valence electrons. The molecule has 2 amide bonds. The molecule has 0 aliphatic rings. The van der Waals surface area contributed by atoms with Crippen molar-refractivity contribution < 1.29 is 23.5 Å². The van der Waals surface area contributed by atoms with Crippen molar-refractivity contribution in [3.8, 4) is 11.5 Å². The van der Waals surface area contributed by atoms with Gasteiger partial charge in [-0.05, 0) is 72.9 Å². The lowest BCUT2D eigenvalue weighted by atomic mass is 10.1. The van der Waals surface area contributed by atoms with Crippen LogP contribution in [-0.4, -0.2) is 30.1 Å². The molecule has 37 heavy (non-hydrogen) atoms. The number of ether oxygens (including phenoxy) is 2. The number of hydrogen-bond acceptors (Lipinski definition) is 6. The number of amides is 2. The molecule has 0 aliphatic carbocycles. The summed E-state index contributed by atoms with van der Waals surface area (Å²) in [7, 11) is 0. The third-order valence-corrected chi connectivity index (χ3v) is 5.33. The first-order valence-corrected chi connectivity index (χ1v) is 11.9. The molecule has 1 heterocycles. The van der Waals surface area contributed by atoms with Crippen molar-refractivity contribution in [1.29, 1.82) is 0 Å². The normalized spacial score (nSPS) is 10.3. The van der Waals surface area contributed by atoms with Crippen LogP contribution in [0.1, 0.15) is 26.5 Å². The number of rotatable bonds is 10. The van der Waals surface area contributed by atoms with E-state index in [1.165, 1.54) is 0 Å². The zero-order valence-electron chi connectivity index (χ0n) is 19.8. The van der Waals surface area contributed by atoms with E-state index >= 15 is 0 Å². The minimum absolute atomic E-state index is 0.0645. The molecule has 0 bridgehead atoms. The van der Waals surface area contributed by atoms with Crippen LogP contribution in [0.2, 0.25) is 0 Å².